The Labute approximate surface area is 66.6 Å². The number of rotatable bonds is 3. The Morgan fingerprint density at radius 2 is 2.20 bits per heavy atom. The van der Waals surface area contributed by atoms with E-state index < -0.39 is 0 Å². The van der Waals surface area contributed by atoms with E-state index in [9.17, 15) is 0 Å². The Hall–Kier alpha value is -0.440. The van der Waals surface area contributed by atoms with E-state index in [4.69, 9.17) is 5.73 Å². The van der Waals surface area contributed by atoms with Gasteiger partial charge in [-0.1, -0.05) is 0 Å². The van der Waals surface area contributed by atoms with Gasteiger partial charge in [0.15, 0.2) is 0 Å². The van der Waals surface area contributed by atoms with Gasteiger partial charge >= 0.3 is 0 Å². The van der Waals surface area contributed by atoms with Gasteiger partial charge in [0, 0.05) is 12.3 Å². The van der Waals surface area contributed by atoms with Gasteiger partial charge < -0.3 is 5.73 Å². The molecule has 0 aromatic heterocycles. The molecule has 2 nitrogen and oxygen atoms in total. The van der Waals surface area contributed by atoms with Crippen LogP contribution in [0.2, 0.25) is 0 Å². The minimum Gasteiger partial charge on any atom is -0.393 e. The van der Waals surface area contributed by atoms with Crippen molar-refractivity contribution in [2.24, 2.45) is 10.7 Å². The summed E-state index contributed by atoms with van der Waals surface area (Å²) in [5, 5.41) is 0.796. The van der Waals surface area contributed by atoms with Crippen LogP contribution in [0, 0.1) is 0 Å². The fourth-order valence-corrected chi connectivity index (χ4v) is 0.554. The quantitative estimate of drug-likeness (QED) is 0.634. The molecule has 0 saturated carbocycles. The second kappa shape index (κ2) is 5.35. The molecule has 0 saturated heterocycles. The molecule has 0 fully saturated rings. The zero-order chi connectivity index (χ0) is 7.98. The monoisotopic (exact) mass is 158 g/mol. The molecule has 0 aliphatic carbocycles. The third-order valence-electron chi connectivity index (χ3n) is 0.859. The highest BCUT2D eigenvalue weighted by atomic mass is 32.2. The SMILES string of the molecule is CS/C(N)=C/C=NC(C)C. The lowest BCUT2D eigenvalue weighted by Gasteiger charge is -1.92. The lowest BCUT2D eigenvalue weighted by atomic mass is 10.4. The van der Waals surface area contributed by atoms with Gasteiger partial charge in [-0.05, 0) is 26.2 Å². The molecule has 0 atom stereocenters. The molecule has 0 unspecified atom stereocenters. The number of nitrogens with two attached hydrogens (primary N) is 1. The predicted octanol–water partition coefficient (Wildman–Crippen LogP) is 1.63. The zero-order valence-electron chi connectivity index (χ0n) is 6.66. The van der Waals surface area contributed by atoms with Gasteiger partial charge in [-0.15, -0.1) is 11.8 Å². The third kappa shape index (κ3) is 5.69. The molecule has 0 bridgehead atoms. The van der Waals surface area contributed by atoms with E-state index in [-0.39, 0.29) is 0 Å². The van der Waals surface area contributed by atoms with Crippen molar-refractivity contribution in [2.45, 2.75) is 19.9 Å². The zero-order valence-corrected chi connectivity index (χ0v) is 7.48. The molecule has 0 aromatic rings. The van der Waals surface area contributed by atoms with Crippen LogP contribution in [0.25, 0.3) is 0 Å². The smallest absolute Gasteiger partial charge is 0.0667 e. The van der Waals surface area contributed by atoms with Gasteiger partial charge in [-0.25, -0.2) is 0 Å². The number of thioether (sulfide) groups is 1. The minimum atomic E-state index is 0.353. The number of aliphatic imine (C=N–C) groups is 1. The largest absolute Gasteiger partial charge is 0.393 e. The summed E-state index contributed by atoms with van der Waals surface area (Å²) in [4.78, 5) is 4.12. The summed E-state index contributed by atoms with van der Waals surface area (Å²) in [5.74, 6) is 0. The fourth-order valence-electron chi connectivity index (χ4n) is 0.357. The van der Waals surface area contributed by atoms with Crippen LogP contribution in [0.1, 0.15) is 13.8 Å². The molecule has 3 heteroatoms. The van der Waals surface area contributed by atoms with Gasteiger partial charge in [0.1, 0.15) is 0 Å². The number of nitrogens with zero attached hydrogens (tertiary/aromatic N) is 1. The van der Waals surface area contributed by atoms with E-state index >= 15 is 0 Å². The lowest BCUT2D eigenvalue weighted by Crippen LogP contribution is -1.92. The average molecular weight is 158 g/mol. The summed E-state index contributed by atoms with van der Waals surface area (Å²) in [6.45, 7) is 4.05. The Morgan fingerprint density at radius 1 is 1.60 bits per heavy atom. The fraction of sp³-hybridized carbons (Fsp3) is 0.571. The van der Waals surface area contributed by atoms with Gasteiger partial charge in [0.25, 0.3) is 0 Å². The van der Waals surface area contributed by atoms with Crippen LogP contribution in [0.15, 0.2) is 16.1 Å². The van der Waals surface area contributed by atoms with E-state index in [0.717, 1.165) is 5.03 Å². The van der Waals surface area contributed by atoms with Crippen molar-refractivity contribution in [1.82, 2.24) is 0 Å². The highest BCUT2D eigenvalue weighted by Crippen LogP contribution is 2.00. The van der Waals surface area contributed by atoms with Crippen LogP contribution in [-0.4, -0.2) is 18.5 Å². The second-order valence-electron chi connectivity index (χ2n) is 2.17. The van der Waals surface area contributed by atoms with Crippen LogP contribution in [0.5, 0.6) is 0 Å². The number of allylic oxidation sites excluding steroid dienone is 1. The van der Waals surface area contributed by atoms with E-state index in [0.29, 0.717) is 6.04 Å². The molecule has 0 aliphatic rings. The highest BCUT2D eigenvalue weighted by Gasteiger charge is 1.82. The molecular weight excluding hydrogens is 144 g/mol. The summed E-state index contributed by atoms with van der Waals surface area (Å²) >= 11 is 1.52. The molecule has 0 aromatic carbocycles. The van der Waals surface area contributed by atoms with Gasteiger partial charge in [-0.3, -0.25) is 4.99 Å². The summed E-state index contributed by atoms with van der Waals surface area (Å²) in [6.07, 6.45) is 5.50. The average Bonchev–Trinajstić information content (AvgIpc) is 1.87. The standard InChI is InChI=1S/C7H14N2S/c1-6(2)9-5-4-7(8)10-3/h4-6H,8H2,1-3H3/b7-4+,9-5?. The van der Waals surface area contributed by atoms with Crippen molar-refractivity contribution in [2.75, 3.05) is 6.26 Å². The molecule has 2 N–H and O–H groups in total. The van der Waals surface area contributed by atoms with Crippen LogP contribution >= 0.6 is 11.8 Å². The molecule has 0 spiro atoms. The maximum absolute atomic E-state index is 5.49. The molecular formula is C7H14N2S. The first-order valence-corrected chi connectivity index (χ1v) is 4.42. The van der Waals surface area contributed by atoms with Gasteiger partial charge in [-0.2, -0.15) is 0 Å². The lowest BCUT2D eigenvalue weighted by molar-refractivity contribution is 0.841. The Balaban J connectivity index is 3.70. The van der Waals surface area contributed by atoms with Gasteiger partial charge in [0.2, 0.25) is 0 Å². The van der Waals surface area contributed by atoms with E-state index in [1.165, 1.54) is 11.8 Å². The van der Waals surface area contributed by atoms with E-state index in [1.54, 1.807) is 6.21 Å². The van der Waals surface area contributed by atoms with Gasteiger partial charge in [0.05, 0.1) is 5.03 Å². The molecule has 0 rings (SSSR count). The summed E-state index contributed by atoms with van der Waals surface area (Å²) in [5.41, 5.74) is 5.49. The molecule has 0 aliphatic heterocycles. The molecule has 0 amide bonds. The summed E-state index contributed by atoms with van der Waals surface area (Å²) in [7, 11) is 0. The van der Waals surface area contributed by atoms with Crippen molar-refractivity contribution in [1.29, 1.82) is 0 Å². The number of hydrogen-bond acceptors (Lipinski definition) is 3. The normalized spacial score (nSPS) is 13.4. The third-order valence-corrected chi connectivity index (χ3v) is 1.47. The minimum absolute atomic E-state index is 0.353. The topological polar surface area (TPSA) is 38.4 Å². The van der Waals surface area contributed by atoms with Crippen LogP contribution in [0.4, 0.5) is 0 Å². The van der Waals surface area contributed by atoms with Crippen molar-refractivity contribution in [3.63, 3.8) is 0 Å². The first-order chi connectivity index (χ1) is 4.66. The van der Waals surface area contributed by atoms with Crippen LogP contribution in [-0.2, 0) is 0 Å². The van der Waals surface area contributed by atoms with Crippen LogP contribution < -0.4 is 5.73 Å². The summed E-state index contributed by atoms with van der Waals surface area (Å²) < 4.78 is 0. The van der Waals surface area contributed by atoms with Crippen molar-refractivity contribution >= 4 is 18.0 Å². The Bertz CT molecular complexity index is 139. The number of hydrogen-bond donors (Lipinski definition) is 1. The van der Waals surface area contributed by atoms with Crippen LogP contribution in [0.3, 0.4) is 0 Å². The Morgan fingerprint density at radius 3 is 2.60 bits per heavy atom. The maximum atomic E-state index is 5.49. The maximum Gasteiger partial charge on any atom is 0.0667 e. The molecule has 10 heavy (non-hydrogen) atoms. The molecule has 0 radical (unpaired) electrons. The van der Waals surface area contributed by atoms with Crippen molar-refractivity contribution in [3.05, 3.63) is 11.1 Å². The first-order valence-electron chi connectivity index (χ1n) is 3.19. The van der Waals surface area contributed by atoms with Crippen molar-refractivity contribution < 1.29 is 0 Å². The first kappa shape index (κ1) is 9.56. The predicted molar refractivity (Wildman–Crippen MR) is 49.4 cm³/mol. The van der Waals surface area contributed by atoms with E-state index in [2.05, 4.69) is 4.99 Å². The van der Waals surface area contributed by atoms with Crippen molar-refractivity contribution in [3.8, 4) is 0 Å². The second-order valence-corrected chi connectivity index (χ2v) is 3.04. The Kier molecular flexibility index (Phi) is 5.12. The highest BCUT2D eigenvalue weighted by molar-refractivity contribution is 8.02. The molecule has 0 heterocycles. The van der Waals surface area contributed by atoms with E-state index in [1.807, 2.05) is 26.2 Å². The summed E-state index contributed by atoms with van der Waals surface area (Å²) in [6, 6.07) is 0.353. The molecule has 58 valence electrons.